The summed E-state index contributed by atoms with van der Waals surface area (Å²) in [5.74, 6) is 0.998. The van der Waals surface area contributed by atoms with E-state index in [-0.39, 0.29) is 5.75 Å². The third-order valence-corrected chi connectivity index (χ3v) is 3.50. The molecule has 2 aromatic rings. The minimum absolute atomic E-state index is 0.254. The molecule has 0 amide bonds. The zero-order valence-electron chi connectivity index (χ0n) is 11.8. The summed E-state index contributed by atoms with van der Waals surface area (Å²) in [5.41, 5.74) is 2.02. The molecule has 5 heteroatoms. The molecule has 1 aliphatic heterocycles. The molecule has 0 bridgehead atoms. The first-order valence-corrected chi connectivity index (χ1v) is 7.13. The maximum Gasteiger partial charge on any atom is 0.140 e. The molecule has 0 saturated carbocycles. The number of phenolic OH excluding ortho intramolecular Hbond substituents is 1. The molecule has 1 aliphatic rings. The van der Waals surface area contributed by atoms with Crippen LogP contribution < -0.4 is 15.0 Å². The minimum atomic E-state index is 0.254. The standard InChI is InChI=1S/C16H19N3O2/c20-15-3-1-2-13(8-15)12-21-16-9-14(10-18-11-16)19-6-4-17-5-7-19/h1-3,8-11,17,20H,4-7,12H2. The van der Waals surface area contributed by atoms with Crippen LogP contribution >= 0.6 is 0 Å². The summed E-state index contributed by atoms with van der Waals surface area (Å²) in [6.45, 7) is 4.37. The second-order valence-electron chi connectivity index (χ2n) is 5.07. The van der Waals surface area contributed by atoms with Crippen LogP contribution in [0, 0.1) is 0 Å². The van der Waals surface area contributed by atoms with Crippen molar-refractivity contribution in [3.05, 3.63) is 48.3 Å². The van der Waals surface area contributed by atoms with Crippen molar-refractivity contribution in [3.8, 4) is 11.5 Å². The molecule has 0 unspecified atom stereocenters. The Hall–Kier alpha value is -2.27. The van der Waals surface area contributed by atoms with Gasteiger partial charge in [-0.25, -0.2) is 0 Å². The lowest BCUT2D eigenvalue weighted by molar-refractivity contribution is 0.304. The van der Waals surface area contributed by atoms with Gasteiger partial charge in [0, 0.05) is 32.2 Å². The summed E-state index contributed by atoms with van der Waals surface area (Å²) in [4.78, 5) is 6.55. The third-order valence-electron chi connectivity index (χ3n) is 3.50. The van der Waals surface area contributed by atoms with Gasteiger partial charge in [-0.05, 0) is 17.7 Å². The van der Waals surface area contributed by atoms with Crippen LogP contribution in [0.4, 0.5) is 5.69 Å². The largest absolute Gasteiger partial charge is 0.508 e. The number of hydrogen-bond donors (Lipinski definition) is 2. The fraction of sp³-hybridized carbons (Fsp3) is 0.312. The molecule has 21 heavy (non-hydrogen) atoms. The molecule has 1 aromatic carbocycles. The van der Waals surface area contributed by atoms with Crippen LogP contribution in [0.5, 0.6) is 11.5 Å². The number of aromatic hydroxyl groups is 1. The van der Waals surface area contributed by atoms with Crippen molar-refractivity contribution < 1.29 is 9.84 Å². The first-order valence-electron chi connectivity index (χ1n) is 7.13. The normalized spacial score (nSPS) is 15.0. The van der Waals surface area contributed by atoms with Gasteiger partial charge in [0.2, 0.25) is 0 Å². The van der Waals surface area contributed by atoms with Gasteiger partial charge in [-0.2, -0.15) is 0 Å². The van der Waals surface area contributed by atoms with E-state index in [1.807, 2.05) is 24.4 Å². The number of rotatable bonds is 4. The van der Waals surface area contributed by atoms with Crippen molar-refractivity contribution in [1.29, 1.82) is 0 Å². The van der Waals surface area contributed by atoms with E-state index < -0.39 is 0 Å². The van der Waals surface area contributed by atoms with Gasteiger partial charge in [-0.1, -0.05) is 12.1 Å². The Morgan fingerprint density at radius 2 is 2.05 bits per heavy atom. The summed E-state index contributed by atoms with van der Waals surface area (Å²) >= 11 is 0. The lowest BCUT2D eigenvalue weighted by atomic mass is 10.2. The van der Waals surface area contributed by atoms with Crippen LogP contribution in [0.2, 0.25) is 0 Å². The monoisotopic (exact) mass is 285 g/mol. The SMILES string of the molecule is Oc1cccc(COc2cncc(N3CCNCC3)c2)c1. The maximum absolute atomic E-state index is 9.44. The number of phenols is 1. The summed E-state index contributed by atoms with van der Waals surface area (Å²) in [6, 6.07) is 9.10. The number of ether oxygens (including phenoxy) is 1. The molecule has 5 nitrogen and oxygen atoms in total. The minimum Gasteiger partial charge on any atom is -0.508 e. The quantitative estimate of drug-likeness (QED) is 0.896. The van der Waals surface area contributed by atoms with Gasteiger partial charge in [0.25, 0.3) is 0 Å². The van der Waals surface area contributed by atoms with Crippen molar-refractivity contribution in [1.82, 2.24) is 10.3 Å². The molecule has 2 N–H and O–H groups in total. The predicted molar refractivity (Wildman–Crippen MR) is 81.8 cm³/mol. The van der Waals surface area contributed by atoms with E-state index in [9.17, 15) is 5.11 Å². The van der Waals surface area contributed by atoms with Crippen LogP contribution in [0.3, 0.4) is 0 Å². The van der Waals surface area contributed by atoms with Crippen molar-refractivity contribution in [3.63, 3.8) is 0 Å². The van der Waals surface area contributed by atoms with E-state index in [4.69, 9.17) is 4.74 Å². The highest BCUT2D eigenvalue weighted by Crippen LogP contribution is 2.21. The fourth-order valence-electron chi connectivity index (χ4n) is 2.40. The molecule has 0 atom stereocenters. The molecule has 1 saturated heterocycles. The predicted octanol–water partition coefficient (Wildman–Crippen LogP) is 1.78. The van der Waals surface area contributed by atoms with Gasteiger partial charge in [0.1, 0.15) is 18.1 Å². The number of anilines is 1. The summed E-state index contributed by atoms with van der Waals surface area (Å²) in [6.07, 6.45) is 3.58. The second kappa shape index (κ2) is 6.45. The topological polar surface area (TPSA) is 57.6 Å². The number of aromatic nitrogens is 1. The average molecular weight is 285 g/mol. The van der Waals surface area contributed by atoms with Gasteiger partial charge in [0.05, 0.1) is 18.1 Å². The zero-order chi connectivity index (χ0) is 14.5. The fourth-order valence-corrected chi connectivity index (χ4v) is 2.40. The Bertz CT molecular complexity index is 598. The summed E-state index contributed by atoms with van der Waals surface area (Å²) in [7, 11) is 0. The van der Waals surface area contributed by atoms with E-state index in [0.717, 1.165) is 43.2 Å². The highest BCUT2D eigenvalue weighted by molar-refractivity contribution is 5.48. The van der Waals surface area contributed by atoms with Crippen LogP contribution in [0.25, 0.3) is 0 Å². The molecular weight excluding hydrogens is 266 g/mol. The Morgan fingerprint density at radius 1 is 1.19 bits per heavy atom. The van der Waals surface area contributed by atoms with Crippen LogP contribution in [-0.4, -0.2) is 36.3 Å². The van der Waals surface area contributed by atoms with Gasteiger partial charge in [-0.3, -0.25) is 4.98 Å². The zero-order valence-corrected chi connectivity index (χ0v) is 11.8. The van der Waals surface area contributed by atoms with Gasteiger partial charge >= 0.3 is 0 Å². The van der Waals surface area contributed by atoms with E-state index in [1.54, 1.807) is 18.3 Å². The molecule has 0 radical (unpaired) electrons. The lowest BCUT2D eigenvalue weighted by Crippen LogP contribution is -2.43. The maximum atomic E-state index is 9.44. The number of benzene rings is 1. The van der Waals surface area contributed by atoms with E-state index >= 15 is 0 Å². The van der Waals surface area contributed by atoms with Crippen LogP contribution in [-0.2, 0) is 6.61 Å². The van der Waals surface area contributed by atoms with Crippen LogP contribution in [0.15, 0.2) is 42.7 Å². The summed E-state index contributed by atoms with van der Waals surface area (Å²) in [5, 5.41) is 12.8. The third kappa shape index (κ3) is 3.64. The van der Waals surface area contributed by atoms with E-state index in [2.05, 4.69) is 15.2 Å². The Labute approximate surface area is 124 Å². The Balaban J connectivity index is 1.65. The number of nitrogens with one attached hydrogen (secondary N) is 1. The highest BCUT2D eigenvalue weighted by atomic mass is 16.5. The average Bonchev–Trinajstić information content (AvgIpc) is 2.54. The second-order valence-corrected chi connectivity index (χ2v) is 5.07. The van der Waals surface area contributed by atoms with Crippen LogP contribution in [0.1, 0.15) is 5.56 Å². The molecule has 1 fully saturated rings. The van der Waals surface area contributed by atoms with Gasteiger partial charge in [0.15, 0.2) is 0 Å². The van der Waals surface area contributed by atoms with Gasteiger partial charge < -0.3 is 20.1 Å². The summed E-state index contributed by atoms with van der Waals surface area (Å²) < 4.78 is 5.76. The molecule has 0 aliphatic carbocycles. The number of pyridine rings is 1. The Morgan fingerprint density at radius 3 is 2.86 bits per heavy atom. The van der Waals surface area contributed by atoms with Crippen molar-refractivity contribution in [2.45, 2.75) is 6.61 Å². The Kier molecular flexibility index (Phi) is 4.21. The van der Waals surface area contributed by atoms with Crippen molar-refractivity contribution in [2.75, 3.05) is 31.1 Å². The molecular formula is C16H19N3O2. The van der Waals surface area contributed by atoms with Crippen molar-refractivity contribution in [2.24, 2.45) is 0 Å². The molecule has 3 rings (SSSR count). The van der Waals surface area contributed by atoms with Gasteiger partial charge in [-0.15, -0.1) is 0 Å². The lowest BCUT2D eigenvalue weighted by Gasteiger charge is -2.29. The van der Waals surface area contributed by atoms with E-state index in [0.29, 0.717) is 6.61 Å². The molecule has 2 heterocycles. The first kappa shape index (κ1) is 13.7. The molecule has 110 valence electrons. The number of nitrogens with zero attached hydrogens (tertiary/aromatic N) is 2. The first-order chi connectivity index (χ1) is 10.3. The number of hydrogen-bond acceptors (Lipinski definition) is 5. The number of piperazine rings is 1. The van der Waals surface area contributed by atoms with Crippen molar-refractivity contribution >= 4 is 5.69 Å². The molecule has 0 spiro atoms. The smallest absolute Gasteiger partial charge is 0.140 e. The molecule has 1 aromatic heterocycles. The highest BCUT2D eigenvalue weighted by Gasteiger charge is 2.11. The van der Waals surface area contributed by atoms with E-state index in [1.165, 1.54) is 0 Å².